The van der Waals surface area contributed by atoms with Gasteiger partial charge in [-0.1, -0.05) is 65.7 Å². The Bertz CT molecular complexity index is 5590. The Kier molecular flexibility index (Phi) is 24.0. The summed E-state index contributed by atoms with van der Waals surface area (Å²) in [6.07, 6.45) is -8.25. The molecule has 114 heavy (non-hydrogen) atoms. The number of benzene rings is 4. The molecule has 10 heterocycles. The van der Waals surface area contributed by atoms with Crippen molar-refractivity contribution >= 4 is 78.2 Å². The zero-order valence-electron chi connectivity index (χ0n) is 65.1. The quantitative estimate of drug-likeness (QED) is 0.0383. The molecule has 600 valence electrons. The number of hydrogen-bond acceptors (Lipinski definition) is 22. The normalized spacial score (nSPS) is 15.4. The van der Waals surface area contributed by atoms with Crippen molar-refractivity contribution in [2.75, 3.05) is 99.4 Å². The molecule has 4 aromatic carbocycles. The van der Waals surface area contributed by atoms with Crippen molar-refractivity contribution in [1.29, 1.82) is 0 Å². The fourth-order valence-corrected chi connectivity index (χ4v) is 15.4. The summed E-state index contributed by atoms with van der Waals surface area (Å²) >= 11 is 15.9. The molecule has 0 aliphatic carbocycles. The summed E-state index contributed by atoms with van der Waals surface area (Å²) in [4.78, 5) is 53.0. The number of carboxylic acids is 2. The topological polar surface area (TPSA) is 256 Å². The van der Waals surface area contributed by atoms with E-state index in [2.05, 4.69) is 63.8 Å². The van der Waals surface area contributed by atoms with Crippen LogP contribution in [-0.4, -0.2) is 199 Å². The highest BCUT2D eigenvalue weighted by Crippen LogP contribution is 2.53. The van der Waals surface area contributed by atoms with Crippen molar-refractivity contribution in [3.8, 4) is 78.3 Å². The Morgan fingerprint density at radius 1 is 0.588 bits per heavy atom. The molecular formula is C78H74Cl2F8N12O12S2. The molecule has 2 saturated heterocycles. The van der Waals surface area contributed by atoms with Gasteiger partial charge in [-0.25, -0.2) is 33.9 Å². The van der Waals surface area contributed by atoms with Gasteiger partial charge in [0.15, 0.2) is 0 Å². The van der Waals surface area contributed by atoms with Crippen LogP contribution in [0.25, 0.3) is 64.0 Å². The number of carboxylic acid groups (broad SMARTS) is 2. The van der Waals surface area contributed by atoms with Crippen LogP contribution in [-0.2, 0) is 48.1 Å². The number of aliphatic carboxylic acids is 2. The third-order valence-electron chi connectivity index (χ3n) is 18.7. The zero-order chi connectivity index (χ0) is 84.1. The van der Waals surface area contributed by atoms with E-state index in [4.69, 9.17) is 65.9 Å². The van der Waals surface area contributed by atoms with E-state index in [1.165, 1.54) is 53.6 Å². The van der Waals surface area contributed by atoms with Gasteiger partial charge in [0.2, 0.25) is 17.9 Å². The Labute approximate surface area is 670 Å². The van der Waals surface area contributed by atoms with Crippen LogP contribution in [0.15, 0.2) is 143 Å². The fraction of sp³-hybridized carbons (Fsp3) is 0.333. The van der Waals surface area contributed by atoms with Crippen LogP contribution in [0.1, 0.15) is 39.1 Å². The van der Waals surface area contributed by atoms with Crippen molar-refractivity contribution in [3.63, 3.8) is 0 Å². The monoisotopic (exact) mass is 1660 g/mol. The van der Waals surface area contributed by atoms with E-state index in [0.717, 1.165) is 124 Å². The predicted molar refractivity (Wildman–Crippen MR) is 409 cm³/mol. The summed E-state index contributed by atoms with van der Waals surface area (Å²) in [5.74, 6) is -9.05. The second-order valence-corrected chi connectivity index (χ2v) is 29.0. The SMILES string of the molecule is [2H]C([2H])(Oc1ccccc1C(F)(F)C(Oc1ncnc2sc(-c3ccc(F)o3)c(-c3ccc(OCCN4CCN(C)CC4)c(Cl)c3C)c12)C(=O)O)c1ccnn1CC(F)(F)F.[2H]C([2H])(c1ccccc1OCc1ccnn1CCF)[C@H](Oc1ncnc2sc(-c3ccc(F)o3)c(-c3ccc(OCCN4CCN(C)CC4)c(Cl)c3C)c12)C(=O)O. The van der Waals surface area contributed by atoms with Crippen molar-refractivity contribution in [2.45, 2.75) is 70.8 Å². The number of piperazine rings is 2. The van der Waals surface area contributed by atoms with E-state index >= 15 is 8.78 Å². The molecule has 2 aliphatic heterocycles. The molecule has 36 heteroatoms. The molecule has 8 aromatic heterocycles. The number of alkyl halides is 6. The Morgan fingerprint density at radius 3 is 1.61 bits per heavy atom. The second-order valence-electron chi connectivity index (χ2n) is 26.3. The van der Waals surface area contributed by atoms with Gasteiger partial charge >= 0.3 is 24.0 Å². The van der Waals surface area contributed by atoms with Gasteiger partial charge in [-0.2, -0.15) is 40.9 Å². The maximum atomic E-state index is 16.7. The minimum absolute atomic E-state index is 0.0124. The maximum absolute atomic E-state index is 16.7. The fourth-order valence-electron chi connectivity index (χ4n) is 12.7. The number of fused-ring (bicyclic) bond motifs is 2. The highest BCUT2D eigenvalue weighted by Gasteiger charge is 2.51. The van der Waals surface area contributed by atoms with Crippen molar-refractivity contribution in [2.24, 2.45) is 0 Å². The van der Waals surface area contributed by atoms with Gasteiger partial charge < -0.3 is 57.3 Å². The van der Waals surface area contributed by atoms with E-state index in [-0.39, 0.29) is 77.6 Å². The summed E-state index contributed by atoms with van der Waals surface area (Å²) in [5.41, 5.74) is 1.08. The lowest BCUT2D eigenvalue weighted by Crippen LogP contribution is -2.45. The first kappa shape index (κ1) is 76.2. The number of nitrogens with zero attached hydrogens (tertiary/aromatic N) is 12. The number of halogens is 10. The molecule has 0 spiro atoms. The van der Waals surface area contributed by atoms with Gasteiger partial charge in [0.05, 0.1) is 56.8 Å². The molecule has 2 fully saturated rings. The smallest absolute Gasteiger partial charge is 0.408 e. The summed E-state index contributed by atoms with van der Waals surface area (Å²) in [7, 11) is 4.15. The molecular weight excluding hydrogens is 1580 g/mol. The number of carbonyl (C=O) groups is 2. The van der Waals surface area contributed by atoms with Crippen LogP contribution < -0.4 is 28.4 Å². The van der Waals surface area contributed by atoms with Crippen LogP contribution in [0.5, 0.6) is 34.8 Å². The average Bonchev–Trinajstić information content (AvgIpc) is 1.56. The van der Waals surface area contributed by atoms with Crippen molar-refractivity contribution < 1.29 is 97.7 Å². The van der Waals surface area contributed by atoms with Gasteiger partial charge in [-0.15, -0.1) is 22.7 Å². The molecule has 12 aromatic rings. The number of aryl methyl sites for hydroxylation is 1. The first-order valence-electron chi connectivity index (χ1n) is 37.4. The number of aromatic nitrogens is 8. The van der Waals surface area contributed by atoms with Gasteiger partial charge in [0, 0.05) is 110 Å². The van der Waals surface area contributed by atoms with Crippen LogP contribution >= 0.6 is 45.9 Å². The van der Waals surface area contributed by atoms with Crippen molar-refractivity contribution in [3.05, 3.63) is 190 Å². The number of likely N-dealkylation sites (N-methyl/N-ethyl adjacent to an activating group) is 2. The molecule has 0 bridgehead atoms. The third kappa shape index (κ3) is 18.8. The molecule has 24 nitrogen and oxygen atoms in total. The molecule has 0 radical (unpaired) electrons. The van der Waals surface area contributed by atoms with E-state index in [0.29, 0.717) is 79.5 Å². The van der Waals surface area contributed by atoms with Gasteiger partial charge in [-0.05, 0) is 110 Å². The Balaban J connectivity index is 0.000000205. The Morgan fingerprint density at radius 2 is 1.10 bits per heavy atom. The molecule has 1 unspecified atom stereocenters. The Hall–Kier alpha value is -10.5. The molecule has 0 amide bonds. The number of para-hydroxylation sites is 2. The zero-order valence-corrected chi connectivity index (χ0v) is 64.3. The van der Waals surface area contributed by atoms with Crippen LogP contribution in [0.2, 0.25) is 10.0 Å². The summed E-state index contributed by atoms with van der Waals surface area (Å²) in [6.45, 7) is 7.47. The van der Waals surface area contributed by atoms with E-state index in [9.17, 15) is 46.1 Å². The molecule has 2 atom stereocenters. The number of hydrogen-bond donors (Lipinski definition) is 2. The second kappa shape index (κ2) is 35.9. The molecule has 14 rings (SSSR count). The van der Waals surface area contributed by atoms with Gasteiger partial charge in [-0.3, -0.25) is 19.2 Å². The average molecular weight is 1660 g/mol. The largest absolute Gasteiger partial charge is 0.491 e. The maximum Gasteiger partial charge on any atom is 0.408 e. The van der Waals surface area contributed by atoms with E-state index in [1.807, 2.05) is 0 Å². The lowest BCUT2D eigenvalue weighted by atomic mass is 9.97. The number of thiophene rings is 2. The summed E-state index contributed by atoms with van der Waals surface area (Å²) in [6, 6.07) is 22.6. The summed E-state index contributed by atoms with van der Waals surface area (Å²) in [5, 5.41) is 29.1. The van der Waals surface area contributed by atoms with Crippen LogP contribution in [0.4, 0.5) is 35.1 Å². The van der Waals surface area contributed by atoms with Gasteiger partial charge in [0.25, 0.3) is 18.1 Å². The highest BCUT2D eigenvalue weighted by atomic mass is 35.5. The first-order chi connectivity index (χ1) is 56.3. The molecule has 2 N–H and O–H groups in total. The molecule has 2 aliphatic rings. The van der Waals surface area contributed by atoms with Crippen LogP contribution in [0, 0.1) is 25.9 Å². The van der Waals surface area contributed by atoms with Crippen molar-refractivity contribution in [1.82, 2.24) is 59.1 Å². The summed E-state index contributed by atoms with van der Waals surface area (Å²) < 4.78 is 197. The number of ether oxygens (including phenoxy) is 6. The van der Waals surface area contributed by atoms with Crippen LogP contribution in [0.3, 0.4) is 0 Å². The minimum Gasteiger partial charge on any atom is -0.491 e. The van der Waals surface area contributed by atoms with E-state index in [1.54, 1.807) is 56.3 Å². The standard InChI is InChI=1S/C39H35ClF6N6O6S.C39H39ClF2N6O6S/c1-22-24(7-8-27(32(22)40)55-18-17-51-15-13-50(2)14-16-51)30-31-35(47-21-48-36(31)59-33(30)28-9-10-29(41)57-28)58-34(37(53)54)39(45,46)25-5-3-4-6-26(25)56-19-23-11-12-49-52(23)20-38(42,43)44;1-24-27(7-8-29(35(24)40)51-20-19-47-17-15-46(2)16-18-47)33-34-37(43-23-44-38(34)55-36(33)30-9-10-32(42)53-30)54-31(39(49)50)21-25-5-3-4-6-28(25)52-22-26-11-13-45-48(26)14-12-41/h3-12,21,34H,13-20H2,1-2H3,(H,53,54);3-11,13,23,31H,12,14-22H2,1-2H3,(H,49,50)/t;31-/m.0/s1/i19D2;21D2. The molecule has 0 saturated carbocycles. The number of furan rings is 2. The lowest BCUT2D eigenvalue weighted by Gasteiger charge is -2.32. The number of rotatable bonds is 31. The minimum atomic E-state index is -4.81. The van der Waals surface area contributed by atoms with E-state index < -0.39 is 97.3 Å². The highest BCUT2D eigenvalue weighted by molar-refractivity contribution is 7.23. The predicted octanol–water partition coefficient (Wildman–Crippen LogP) is 15.5. The third-order valence-corrected chi connectivity index (χ3v) is 21.9. The van der Waals surface area contributed by atoms with Gasteiger partial charge in [0.1, 0.15) is 96.4 Å². The lowest BCUT2D eigenvalue weighted by molar-refractivity contribution is -0.169. The first-order valence-corrected chi connectivity index (χ1v) is 37.7.